The molecule has 1 aliphatic heterocycles. The van der Waals surface area contributed by atoms with Gasteiger partial charge in [0.15, 0.2) is 0 Å². The number of aliphatic hydroxyl groups is 1. The highest BCUT2D eigenvalue weighted by atomic mass is 35.5. The predicted molar refractivity (Wildman–Crippen MR) is 90.0 cm³/mol. The van der Waals surface area contributed by atoms with Crippen LogP contribution in [0.15, 0.2) is 29.2 Å². The van der Waals surface area contributed by atoms with Crippen LogP contribution in [0.2, 0.25) is 5.02 Å². The molecule has 7 heteroatoms. The third-order valence-corrected chi connectivity index (χ3v) is 7.29. The first-order chi connectivity index (χ1) is 11.0. The Kier molecular flexibility index (Phi) is 5.28. The van der Waals surface area contributed by atoms with E-state index in [0.29, 0.717) is 26.2 Å². The molecular weight excluding hydrogens is 336 g/mol. The molecule has 0 bridgehead atoms. The largest absolute Gasteiger partial charge is 0.391 e. The summed E-state index contributed by atoms with van der Waals surface area (Å²) in [5.41, 5.74) is 0. The Morgan fingerprint density at radius 3 is 2.35 bits per heavy atom. The zero-order valence-electron chi connectivity index (χ0n) is 13.1. The average Bonchev–Trinajstić information content (AvgIpc) is 2.56. The third kappa shape index (κ3) is 3.56. The fraction of sp³-hybridized carbons (Fsp3) is 0.625. The lowest BCUT2D eigenvalue weighted by atomic mass is 9.91. The minimum absolute atomic E-state index is 0.174. The maximum Gasteiger partial charge on any atom is 0.244 e. The molecule has 2 aliphatic rings. The van der Waals surface area contributed by atoms with E-state index in [1.165, 1.54) is 4.31 Å². The zero-order chi connectivity index (χ0) is 16.4. The molecule has 0 amide bonds. The molecule has 0 radical (unpaired) electrons. The number of benzene rings is 1. The standard InChI is InChI=1S/C16H23ClN2O3S/c17-13-5-1-4-8-16(13)23(21,22)19-11-9-18(10-12-19)14-6-2-3-7-15(14)20/h1,4-5,8,14-15,20H,2-3,6-7,9-12H2. The van der Waals surface area contributed by atoms with Crippen molar-refractivity contribution in [2.45, 2.75) is 42.7 Å². The summed E-state index contributed by atoms with van der Waals surface area (Å²) >= 11 is 6.05. The normalized spacial score (nSPS) is 27.9. The first-order valence-corrected chi connectivity index (χ1v) is 9.99. The van der Waals surface area contributed by atoms with Crippen LogP contribution in [0.3, 0.4) is 0 Å². The minimum Gasteiger partial charge on any atom is -0.391 e. The van der Waals surface area contributed by atoms with Crippen LogP contribution in [0, 0.1) is 0 Å². The molecule has 1 saturated carbocycles. The molecule has 128 valence electrons. The van der Waals surface area contributed by atoms with E-state index in [2.05, 4.69) is 4.90 Å². The van der Waals surface area contributed by atoms with Gasteiger partial charge in [0.25, 0.3) is 0 Å². The summed E-state index contributed by atoms with van der Waals surface area (Å²) in [5, 5.41) is 10.4. The number of piperazine rings is 1. The molecule has 1 N–H and O–H groups in total. The Morgan fingerprint density at radius 1 is 1.04 bits per heavy atom. The number of hydrogen-bond acceptors (Lipinski definition) is 4. The number of aliphatic hydroxyl groups excluding tert-OH is 1. The molecular formula is C16H23ClN2O3S. The summed E-state index contributed by atoms with van der Waals surface area (Å²) in [6.07, 6.45) is 3.79. The van der Waals surface area contributed by atoms with Crippen LogP contribution in [0.5, 0.6) is 0 Å². The van der Waals surface area contributed by atoms with Gasteiger partial charge in [-0.2, -0.15) is 4.31 Å². The summed E-state index contributed by atoms with van der Waals surface area (Å²) < 4.78 is 27.0. The molecule has 23 heavy (non-hydrogen) atoms. The second kappa shape index (κ2) is 7.07. The summed E-state index contributed by atoms with van der Waals surface area (Å²) in [6, 6.07) is 6.74. The fourth-order valence-electron chi connectivity index (χ4n) is 3.59. The lowest BCUT2D eigenvalue weighted by Crippen LogP contribution is -2.55. The molecule has 3 rings (SSSR count). The predicted octanol–water partition coefficient (Wildman–Crippen LogP) is 1.95. The van der Waals surface area contributed by atoms with E-state index in [0.717, 1.165) is 25.7 Å². The highest BCUT2D eigenvalue weighted by molar-refractivity contribution is 7.89. The topological polar surface area (TPSA) is 60.9 Å². The van der Waals surface area contributed by atoms with Crippen LogP contribution in [0.25, 0.3) is 0 Å². The van der Waals surface area contributed by atoms with Crippen molar-refractivity contribution < 1.29 is 13.5 Å². The molecule has 1 saturated heterocycles. The Balaban J connectivity index is 1.68. The first-order valence-electron chi connectivity index (χ1n) is 8.17. The van der Waals surface area contributed by atoms with Gasteiger partial charge < -0.3 is 5.11 Å². The van der Waals surface area contributed by atoms with Crippen molar-refractivity contribution in [2.75, 3.05) is 26.2 Å². The van der Waals surface area contributed by atoms with E-state index in [9.17, 15) is 13.5 Å². The highest BCUT2D eigenvalue weighted by Gasteiger charge is 2.34. The lowest BCUT2D eigenvalue weighted by molar-refractivity contribution is 0.00640. The SMILES string of the molecule is O=S(=O)(c1ccccc1Cl)N1CCN(C2CCCCC2O)CC1. The van der Waals surface area contributed by atoms with E-state index in [4.69, 9.17) is 11.6 Å². The zero-order valence-corrected chi connectivity index (χ0v) is 14.6. The van der Waals surface area contributed by atoms with Gasteiger partial charge in [0, 0.05) is 32.2 Å². The summed E-state index contributed by atoms with van der Waals surface area (Å²) in [7, 11) is -3.55. The van der Waals surface area contributed by atoms with Crippen molar-refractivity contribution in [1.82, 2.24) is 9.21 Å². The maximum atomic E-state index is 12.7. The highest BCUT2D eigenvalue weighted by Crippen LogP contribution is 2.27. The maximum absolute atomic E-state index is 12.7. The molecule has 1 aliphatic carbocycles. The number of nitrogens with zero attached hydrogens (tertiary/aromatic N) is 2. The van der Waals surface area contributed by atoms with E-state index < -0.39 is 10.0 Å². The Bertz CT molecular complexity index is 644. The quantitative estimate of drug-likeness (QED) is 0.897. The second-order valence-corrected chi connectivity index (χ2v) is 8.60. The Labute approximate surface area is 142 Å². The van der Waals surface area contributed by atoms with Crippen LogP contribution < -0.4 is 0 Å². The lowest BCUT2D eigenvalue weighted by Gasteiger charge is -2.42. The van der Waals surface area contributed by atoms with Gasteiger partial charge in [-0.1, -0.05) is 36.6 Å². The summed E-state index contributed by atoms with van der Waals surface area (Å²) in [4.78, 5) is 2.41. The Morgan fingerprint density at radius 2 is 1.70 bits per heavy atom. The van der Waals surface area contributed by atoms with Gasteiger partial charge in [0.05, 0.1) is 11.1 Å². The van der Waals surface area contributed by atoms with Gasteiger partial charge in [-0.25, -0.2) is 8.42 Å². The average molecular weight is 359 g/mol. The summed E-state index contributed by atoms with van der Waals surface area (Å²) in [5.74, 6) is 0. The van der Waals surface area contributed by atoms with Crippen LogP contribution >= 0.6 is 11.6 Å². The van der Waals surface area contributed by atoms with E-state index in [1.807, 2.05) is 0 Å². The third-order valence-electron chi connectivity index (χ3n) is 4.89. The molecule has 2 unspecified atom stereocenters. The van der Waals surface area contributed by atoms with Crippen LogP contribution in [-0.4, -0.2) is 61.1 Å². The van der Waals surface area contributed by atoms with E-state index in [-0.39, 0.29) is 22.1 Å². The van der Waals surface area contributed by atoms with Gasteiger partial charge >= 0.3 is 0 Å². The van der Waals surface area contributed by atoms with Gasteiger partial charge in [-0.05, 0) is 25.0 Å². The van der Waals surface area contributed by atoms with Gasteiger partial charge in [0.2, 0.25) is 10.0 Å². The van der Waals surface area contributed by atoms with Gasteiger partial charge in [-0.15, -0.1) is 0 Å². The molecule has 0 aromatic heterocycles. The molecule has 2 fully saturated rings. The van der Waals surface area contributed by atoms with E-state index >= 15 is 0 Å². The number of rotatable bonds is 3. The van der Waals surface area contributed by atoms with Crippen molar-refractivity contribution in [2.24, 2.45) is 0 Å². The van der Waals surface area contributed by atoms with Gasteiger partial charge in [-0.3, -0.25) is 4.90 Å². The Hall–Kier alpha value is -0.660. The van der Waals surface area contributed by atoms with Crippen LogP contribution in [0.4, 0.5) is 0 Å². The van der Waals surface area contributed by atoms with Crippen molar-refractivity contribution in [3.05, 3.63) is 29.3 Å². The molecule has 1 aromatic carbocycles. The van der Waals surface area contributed by atoms with Crippen molar-refractivity contribution in [3.8, 4) is 0 Å². The van der Waals surface area contributed by atoms with Crippen LogP contribution in [-0.2, 0) is 10.0 Å². The molecule has 5 nitrogen and oxygen atoms in total. The number of halogens is 1. The molecule has 1 heterocycles. The van der Waals surface area contributed by atoms with Crippen molar-refractivity contribution >= 4 is 21.6 Å². The first kappa shape index (κ1) is 17.2. The molecule has 2 atom stereocenters. The van der Waals surface area contributed by atoms with Crippen molar-refractivity contribution in [3.63, 3.8) is 0 Å². The minimum atomic E-state index is -3.55. The van der Waals surface area contributed by atoms with E-state index in [1.54, 1.807) is 24.3 Å². The fourth-order valence-corrected chi connectivity index (χ4v) is 5.50. The molecule has 1 aromatic rings. The van der Waals surface area contributed by atoms with Crippen LogP contribution in [0.1, 0.15) is 25.7 Å². The van der Waals surface area contributed by atoms with Gasteiger partial charge in [0.1, 0.15) is 4.90 Å². The monoisotopic (exact) mass is 358 g/mol. The number of hydrogen-bond donors (Lipinski definition) is 1. The molecule has 0 spiro atoms. The summed E-state index contributed by atoms with van der Waals surface area (Å²) in [6.45, 7) is 2.20. The second-order valence-electron chi connectivity index (χ2n) is 6.29. The smallest absolute Gasteiger partial charge is 0.244 e. The number of sulfonamides is 1. The van der Waals surface area contributed by atoms with Crippen molar-refractivity contribution in [1.29, 1.82) is 0 Å².